The van der Waals surface area contributed by atoms with Gasteiger partial charge in [0.1, 0.15) is 12.4 Å². The summed E-state index contributed by atoms with van der Waals surface area (Å²) in [5.41, 5.74) is 2.36. The molecule has 2 N–H and O–H groups in total. The molecule has 0 aliphatic carbocycles. The SMILES string of the molecule is C=CCOC(=O)Nc1cc(O[Si](C(C)C)(C(C)C)C(C)C)c(OC)cc1C(=O)N1C=C(C)C[C@H]1CO. The van der Waals surface area contributed by atoms with E-state index in [1.54, 1.807) is 18.3 Å². The lowest BCUT2D eigenvalue weighted by Gasteiger charge is -2.42. The smallest absolute Gasteiger partial charge is 0.411 e. The Morgan fingerprint density at radius 3 is 2.28 bits per heavy atom. The number of benzene rings is 1. The number of aliphatic hydroxyl groups is 1. The van der Waals surface area contributed by atoms with E-state index in [2.05, 4.69) is 53.4 Å². The quantitative estimate of drug-likeness (QED) is 0.272. The Morgan fingerprint density at radius 1 is 1.17 bits per heavy atom. The number of amides is 2. The van der Waals surface area contributed by atoms with Crippen molar-refractivity contribution >= 4 is 26.0 Å². The molecule has 0 aromatic heterocycles. The average molecular weight is 519 g/mol. The van der Waals surface area contributed by atoms with E-state index < -0.39 is 14.4 Å². The van der Waals surface area contributed by atoms with E-state index in [1.807, 2.05) is 6.92 Å². The third kappa shape index (κ3) is 6.12. The standard InChI is InChI=1S/C27H42N2O6Si/c1-10-11-34-27(32)28-23-14-25(35-36(17(2)3,18(4)5)19(6)7)24(33-9)13-22(23)26(31)29-15-20(8)12-21(29)16-30/h10,13-15,17-19,21,30H,1,11-12,16H2,2-9H3,(H,28,32)/t21-/m0/s1. The molecule has 0 unspecified atom stereocenters. The van der Waals surface area contributed by atoms with Crippen LogP contribution in [0.25, 0.3) is 0 Å². The van der Waals surface area contributed by atoms with E-state index in [4.69, 9.17) is 13.9 Å². The minimum atomic E-state index is -2.37. The number of rotatable bonds is 11. The number of carbonyl (C=O) groups is 2. The summed E-state index contributed by atoms with van der Waals surface area (Å²) < 4.78 is 17.7. The molecule has 1 aromatic rings. The molecule has 0 bridgehead atoms. The predicted octanol–water partition coefficient (Wildman–Crippen LogP) is 6.09. The average Bonchev–Trinajstić information content (AvgIpc) is 3.20. The van der Waals surface area contributed by atoms with Crippen LogP contribution in [0.15, 0.2) is 36.6 Å². The van der Waals surface area contributed by atoms with Gasteiger partial charge >= 0.3 is 6.09 Å². The van der Waals surface area contributed by atoms with Gasteiger partial charge in [0, 0.05) is 12.3 Å². The zero-order valence-corrected chi connectivity index (χ0v) is 23.9. The molecule has 200 valence electrons. The van der Waals surface area contributed by atoms with Crippen molar-refractivity contribution in [1.29, 1.82) is 0 Å². The Morgan fingerprint density at radius 2 is 1.78 bits per heavy atom. The van der Waals surface area contributed by atoms with Crippen LogP contribution in [0, 0.1) is 0 Å². The predicted molar refractivity (Wildman–Crippen MR) is 145 cm³/mol. The lowest BCUT2D eigenvalue weighted by Crippen LogP contribution is -2.50. The van der Waals surface area contributed by atoms with E-state index in [0.717, 1.165) is 5.57 Å². The third-order valence-corrected chi connectivity index (χ3v) is 12.8. The molecule has 36 heavy (non-hydrogen) atoms. The zero-order chi connectivity index (χ0) is 27.2. The summed E-state index contributed by atoms with van der Waals surface area (Å²) in [5.74, 6) is 0.514. The van der Waals surface area contributed by atoms with Gasteiger partial charge in [0.15, 0.2) is 5.75 Å². The van der Waals surface area contributed by atoms with E-state index in [-0.39, 0.29) is 36.4 Å². The summed E-state index contributed by atoms with van der Waals surface area (Å²) in [6, 6.07) is 2.87. The van der Waals surface area contributed by atoms with Crippen molar-refractivity contribution in [3.63, 3.8) is 0 Å². The van der Waals surface area contributed by atoms with Crippen molar-refractivity contribution in [1.82, 2.24) is 4.90 Å². The summed E-state index contributed by atoms with van der Waals surface area (Å²) >= 11 is 0. The molecule has 1 aromatic carbocycles. The molecule has 1 atom stereocenters. The Hall–Kier alpha value is -2.78. The fourth-order valence-corrected chi connectivity index (χ4v) is 10.5. The first kappa shape index (κ1) is 29.4. The van der Waals surface area contributed by atoms with Crippen molar-refractivity contribution in [2.45, 2.75) is 77.6 Å². The second-order valence-corrected chi connectivity index (χ2v) is 15.6. The number of hydrogen-bond acceptors (Lipinski definition) is 6. The van der Waals surface area contributed by atoms with E-state index in [0.29, 0.717) is 34.5 Å². The maximum absolute atomic E-state index is 13.6. The number of nitrogens with one attached hydrogen (secondary N) is 1. The minimum Gasteiger partial charge on any atom is -0.540 e. The van der Waals surface area contributed by atoms with E-state index in [1.165, 1.54) is 18.1 Å². The van der Waals surface area contributed by atoms with E-state index >= 15 is 0 Å². The zero-order valence-electron chi connectivity index (χ0n) is 22.9. The maximum Gasteiger partial charge on any atom is 0.411 e. The number of hydrogen-bond donors (Lipinski definition) is 2. The number of anilines is 1. The molecule has 1 aliphatic heterocycles. The second kappa shape index (κ2) is 12.4. The van der Waals surface area contributed by atoms with Crippen LogP contribution in [0.2, 0.25) is 16.6 Å². The molecule has 2 amide bonds. The lowest BCUT2D eigenvalue weighted by atomic mass is 10.1. The molecule has 0 fully saturated rings. The van der Waals surface area contributed by atoms with Gasteiger partial charge in [0.2, 0.25) is 0 Å². The van der Waals surface area contributed by atoms with Crippen LogP contribution in [0.1, 0.15) is 65.2 Å². The largest absolute Gasteiger partial charge is 0.540 e. The summed E-state index contributed by atoms with van der Waals surface area (Å²) in [7, 11) is -0.842. The van der Waals surface area contributed by atoms with Gasteiger partial charge in [-0.3, -0.25) is 10.1 Å². The summed E-state index contributed by atoms with van der Waals surface area (Å²) in [6.45, 7) is 18.4. The van der Waals surface area contributed by atoms with Crippen LogP contribution in [0.4, 0.5) is 10.5 Å². The van der Waals surface area contributed by atoms with Crippen molar-refractivity contribution in [3.05, 3.63) is 42.1 Å². The van der Waals surface area contributed by atoms with Crippen LogP contribution in [-0.2, 0) is 4.74 Å². The molecule has 1 heterocycles. The van der Waals surface area contributed by atoms with Gasteiger partial charge in [-0.25, -0.2) is 4.79 Å². The summed E-state index contributed by atoms with van der Waals surface area (Å²) in [5, 5.41) is 12.5. The number of nitrogens with zero attached hydrogens (tertiary/aromatic N) is 1. The van der Waals surface area contributed by atoms with E-state index in [9.17, 15) is 14.7 Å². The first-order valence-electron chi connectivity index (χ1n) is 12.5. The lowest BCUT2D eigenvalue weighted by molar-refractivity contribution is 0.0732. The van der Waals surface area contributed by atoms with Crippen molar-refractivity contribution < 1.29 is 28.6 Å². The van der Waals surface area contributed by atoms with Crippen molar-refractivity contribution in [2.75, 3.05) is 25.6 Å². The number of ether oxygens (including phenoxy) is 2. The highest BCUT2D eigenvalue weighted by Crippen LogP contribution is 2.46. The molecule has 1 aliphatic rings. The van der Waals surface area contributed by atoms with Crippen LogP contribution in [0.5, 0.6) is 11.5 Å². The van der Waals surface area contributed by atoms with Gasteiger partial charge in [0.25, 0.3) is 14.2 Å². The minimum absolute atomic E-state index is 0.0271. The molecule has 0 saturated heterocycles. The topological polar surface area (TPSA) is 97.3 Å². The molecule has 0 spiro atoms. The molecule has 2 rings (SSSR count). The number of aliphatic hydroxyl groups excluding tert-OH is 1. The summed E-state index contributed by atoms with van der Waals surface area (Å²) in [4.78, 5) is 27.6. The first-order chi connectivity index (χ1) is 16.9. The Kier molecular flexibility index (Phi) is 10.2. The highest BCUT2D eigenvalue weighted by molar-refractivity contribution is 6.78. The van der Waals surface area contributed by atoms with Crippen LogP contribution >= 0.6 is 0 Å². The van der Waals surface area contributed by atoms with Gasteiger partial charge < -0.3 is 23.9 Å². The number of carbonyl (C=O) groups excluding carboxylic acids is 2. The third-order valence-electron chi connectivity index (χ3n) is 6.85. The molecule has 8 nitrogen and oxygen atoms in total. The van der Waals surface area contributed by atoms with Gasteiger partial charge in [0.05, 0.1) is 31.0 Å². The van der Waals surface area contributed by atoms with Gasteiger partial charge in [-0.1, -0.05) is 59.8 Å². The number of methoxy groups -OCH3 is 1. The summed E-state index contributed by atoms with van der Waals surface area (Å²) in [6.07, 6.45) is 3.06. The molecular formula is C27H42N2O6Si. The molecule has 9 heteroatoms. The van der Waals surface area contributed by atoms with Gasteiger partial charge in [-0.05, 0) is 36.0 Å². The molecule has 0 radical (unpaired) electrons. The van der Waals surface area contributed by atoms with Crippen LogP contribution < -0.4 is 14.5 Å². The highest BCUT2D eigenvalue weighted by atomic mass is 28.4. The second-order valence-electron chi connectivity index (χ2n) is 10.2. The van der Waals surface area contributed by atoms with Crippen LogP contribution in [0.3, 0.4) is 0 Å². The Bertz CT molecular complexity index is 967. The normalized spacial score (nSPS) is 15.8. The monoisotopic (exact) mass is 518 g/mol. The van der Waals surface area contributed by atoms with Gasteiger partial charge in [-0.2, -0.15) is 0 Å². The first-order valence-corrected chi connectivity index (χ1v) is 14.6. The molecular weight excluding hydrogens is 476 g/mol. The van der Waals surface area contributed by atoms with Crippen LogP contribution in [-0.4, -0.2) is 56.7 Å². The molecule has 0 saturated carbocycles. The van der Waals surface area contributed by atoms with Crippen molar-refractivity contribution in [3.8, 4) is 11.5 Å². The fraction of sp³-hybridized carbons (Fsp3) is 0.556. The van der Waals surface area contributed by atoms with Crippen molar-refractivity contribution in [2.24, 2.45) is 0 Å². The Balaban J connectivity index is 2.66. The van der Waals surface area contributed by atoms with Gasteiger partial charge in [-0.15, -0.1) is 0 Å². The Labute approximate surface area is 216 Å². The maximum atomic E-state index is 13.6. The fourth-order valence-electron chi connectivity index (χ4n) is 5.29. The highest BCUT2D eigenvalue weighted by Gasteiger charge is 2.47.